The van der Waals surface area contributed by atoms with Crippen LogP contribution in [-0.4, -0.2) is 27.4 Å². The van der Waals surface area contributed by atoms with Gasteiger partial charge in [-0.1, -0.05) is 29.8 Å². The molecule has 0 aromatic heterocycles. The number of aryl methyl sites for hydroxylation is 1. The summed E-state index contributed by atoms with van der Waals surface area (Å²) in [6, 6.07) is 13.6. The van der Waals surface area contributed by atoms with Crippen molar-refractivity contribution >= 4 is 33.2 Å². The van der Waals surface area contributed by atoms with Gasteiger partial charge < -0.3 is 4.90 Å². The second kappa shape index (κ2) is 7.79. The van der Waals surface area contributed by atoms with Gasteiger partial charge in [0.2, 0.25) is 15.9 Å². The molecule has 1 amide bonds. The maximum Gasteiger partial charge on any atom is 0.240 e. The van der Waals surface area contributed by atoms with Gasteiger partial charge in [-0.05, 0) is 42.8 Å². The Balaban J connectivity index is 2.07. The lowest BCUT2D eigenvalue weighted by Crippen LogP contribution is -2.37. The normalized spacial score (nSPS) is 11.3. The Morgan fingerprint density at radius 2 is 1.75 bits per heavy atom. The zero-order chi connectivity index (χ0) is 17.7. The van der Waals surface area contributed by atoms with Crippen molar-refractivity contribution in [2.75, 3.05) is 18.0 Å². The van der Waals surface area contributed by atoms with Gasteiger partial charge in [0.15, 0.2) is 0 Å². The van der Waals surface area contributed by atoms with Crippen LogP contribution in [0, 0.1) is 6.92 Å². The number of nitrogens with zero attached hydrogens (tertiary/aromatic N) is 1. The number of sulfonamides is 1. The van der Waals surface area contributed by atoms with Crippen LogP contribution in [0.1, 0.15) is 12.5 Å². The van der Waals surface area contributed by atoms with Gasteiger partial charge in [-0.25, -0.2) is 13.1 Å². The van der Waals surface area contributed by atoms with Crippen molar-refractivity contribution in [2.45, 2.75) is 18.7 Å². The smallest absolute Gasteiger partial charge is 0.240 e. The molecule has 0 spiro atoms. The van der Waals surface area contributed by atoms with Crippen LogP contribution in [0.2, 0.25) is 5.02 Å². The number of hydrogen-bond acceptors (Lipinski definition) is 3. The molecule has 0 saturated heterocycles. The van der Waals surface area contributed by atoms with E-state index in [0.717, 1.165) is 0 Å². The van der Waals surface area contributed by atoms with E-state index in [1.54, 1.807) is 55.5 Å². The second-order valence-corrected chi connectivity index (χ2v) is 7.48. The third-order valence-electron chi connectivity index (χ3n) is 3.53. The number of hydrogen-bond donors (Lipinski definition) is 1. The summed E-state index contributed by atoms with van der Waals surface area (Å²) in [6.07, 6.45) is 0. The number of carbonyl (C=O) groups excluding carboxylic acids is 1. The maximum atomic E-state index is 12.4. The molecule has 0 bridgehead atoms. The van der Waals surface area contributed by atoms with Crippen molar-refractivity contribution in [3.05, 3.63) is 59.1 Å². The highest BCUT2D eigenvalue weighted by molar-refractivity contribution is 7.89. The molecule has 0 aliphatic heterocycles. The molecule has 0 fully saturated rings. The van der Waals surface area contributed by atoms with Crippen LogP contribution in [0.5, 0.6) is 0 Å². The molecule has 0 aliphatic carbocycles. The van der Waals surface area contributed by atoms with E-state index in [-0.39, 0.29) is 23.9 Å². The fraction of sp³-hybridized carbons (Fsp3) is 0.235. The quantitative estimate of drug-likeness (QED) is 0.854. The van der Waals surface area contributed by atoms with Crippen molar-refractivity contribution < 1.29 is 13.2 Å². The van der Waals surface area contributed by atoms with E-state index in [0.29, 0.717) is 16.3 Å². The Labute approximate surface area is 147 Å². The minimum Gasteiger partial charge on any atom is -0.311 e. The third-order valence-corrected chi connectivity index (χ3v) is 5.40. The first-order valence-electron chi connectivity index (χ1n) is 7.40. The summed E-state index contributed by atoms with van der Waals surface area (Å²) >= 11 is 5.85. The minimum absolute atomic E-state index is 0.110. The molecule has 2 aromatic carbocycles. The third kappa shape index (κ3) is 4.56. The van der Waals surface area contributed by atoms with E-state index < -0.39 is 10.0 Å². The highest BCUT2D eigenvalue weighted by Crippen LogP contribution is 2.18. The van der Waals surface area contributed by atoms with Crippen molar-refractivity contribution in [2.24, 2.45) is 0 Å². The minimum atomic E-state index is -3.61. The highest BCUT2D eigenvalue weighted by atomic mass is 35.5. The summed E-state index contributed by atoms with van der Waals surface area (Å²) in [4.78, 5) is 13.6. The zero-order valence-electron chi connectivity index (χ0n) is 13.5. The molecule has 1 N–H and O–H groups in total. The van der Waals surface area contributed by atoms with Crippen LogP contribution in [0.15, 0.2) is 53.4 Å². The topological polar surface area (TPSA) is 66.5 Å². The Morgan fingerprint density at radius 3 is 2.33 bits per heavy atom. The summed E-state index contributed by atoms with van der Waals surface area (Å²) < 4.78 is 27.2. The second-order valence-electron chi connectivity index (χ2n) is 5.31. The highest BCUT2D eigenvalue weighted by Gasteiger charge is 2.17. The summed E-state index contributed by atoms with van der Waals surface area (Å²) in [7, 11) is -3.61. The first kappa shape index (κ1) is 18.4. The van der Waals surface area contributed by atoms with Crippen LogP contribution in [0.25, 0.3) is 0 Å². The van der Waals surface area contributed by atoms with Crippen molar-refractivity contribution in [1.82, 2.24) is 4.72 Å². The van der Waals surface area contributed by atoms with E-state index >= 15 is 0 Å². The summed E-state index contributed by atoms with van der Waals surface area (Å²) in [5.41, 5.74) is 1.34. The van der Waals surface area contributed by atoms with Gasteiger partial charge in [0.25, 0.3) is 0 Å². The van der Waals surface area contributed by atoms with Crippen LogP contribution in [0.3, 0.4) is 0 Å². The van der Waals surface area contributed by atoms with Crippen LogP contribution in [0.4, 0.5) is 5.69 Å². The molecule has 2 aromatic rings. The van der Waals surface area contributed by atoms with E-state index in [1.807, 2.05) is 0 Å². The molecule has 0 aliphatic rings. The fourth-order valence-corrected chi connectivity index (χ4v) is 3.71. The maximum absolute atomic E-state index is 12.4. The number of carbonyl (C=O) groups is 1. The predicted molar refractivity (Wildman–Crippen MR) is 95.8 cm³/mol. The molecule has 7 heteroatoms. The number of benzene rings is 2. The molecular formula is C17H19ClN2O3S. The Hall–Kier alpha value is -1.89. The summed E-state index contributed by atoms with van der Waals surface area (Å²) in [5.74, 6) is -0.174. The Morgan fingerprint density at radius 1 is 1.12 bits per heavy atom. The first-order valence-corrected chi connectivity index (χ1v) is 9.26. The van der Waals surface area contributed by atoms with Gasteiger partial charge in [0, 0.05) is 30.7 Å². The largest absolute Gasteiger partial charge is 0.311 e. The zero-order valence-corrected chi connectivity index (χ0v) is 15.1. The Kier molecular flexibility index (Phi) is 5.99. The number of amides is 1. The SMILES string of the molecule is CC(=O)N(CCNS(=O)(=O)c1ccccc1C)c1ccc(Cl)cc1. The summed E-state index contributed by atoms with van der Waals surface area (Å²) in [6.45, 7) is 3.51. The molecule has 0 saturated carbocycles. The molecule has 5 nitrogen and oxygen atoms in total. The van der Waals surface area contributed by atoms with Gasteiger partial charge >= 0.3 is 0 Å². The predicted octanol–water partition coefficient (Wildman–Crippen LogP) is 2.98. The van der Waals surface area contributed by atoms with E-state index in [1.165, 1.54) is 11.8 Å². The fourth-order valence-electron chi connectivity index (χ4n) is 2.32. The molecular weight excluding hydrogens is 348 g/mol. The van der Waals surface area contributed by atoms with E-state index in [2.05, 4.69) is 4.72 Å². The molecule has 24 heavy (non-hydrogen) atoms. The molecule has 0 atom stereocenters. The number of halogens is 1. The summed E-state index contributed by atoms with van der Waals surface area (Å²) in [5, 5.41) is 0.572. The lowest BCUT2D eigenvalue weighted by molar-refractivity contribution is -0.116. The standard InChI is InChI=1S/C17H19ClN2O3S/c1-13-5-3-4-6-17(13)24(22,23)19-11-12-20(14(2)21)16-9-7-15(18)8-10-16/h3-10,19H,11-12H2,1-2H3. The van der Waals surface area contributed by atoms with Gasteiger partial charge in [-0.2, -0.15) is 0 Å². The van der Waals surface area contributed by atoms with E-state index in [9.17, 15) is 13.2 Å². The first-order chi connectivity index (χ1) is 11.3. The van der Waals surface area contributed by atoms with Gasteiger partial charge in [-0.15, -0.1) is 0 Å². The average molecular weight is 367 g/mol. The lowest BCUT2D eigenvalue weighted by atomic mass is 10.2. The lowest BCUT2D eigenvalue weighted by Gasteiger charge is -2.21. The van der Waals surface area contributed by atoms with Gasteiger partial charge in [0.05, 0.1) is 4.90 Å². The van der Waals surface area contributed by atoms with Crippen LogP contribution < -0.4 is 9.62 Å². The van der Waals surface area contributed by atoms with Crippen molar-refractivity contribution in [3.8, 4) is 0 Å². The number of rotatable bonds is 6. The van der Waals surface area contributed by atoms with Crippen LogP contribution >= 0.6 is 11.6 Å². The molecule has 2 rings (SSSR count). The monoisotopic (exact) mass is 366 g/mol. The molecule has 0 unspecified atom stereocenters. The Bertz CT molecular complexity index is 820. The van der Waals surface area contributed by atoms with E-state index in [4.69, 9.17) is 11.6 Å². The number of anilines is 1. The van der Waals surface area contributed by atoms with Crippen LogP contribution in [-0.2, 0) is 14.8 Å². The molecule has 128 valence electrons. The molecule has 0 heterocycles. The molecule has 0 radical (unpaired) electrons. The average Bonchev–Trinajstić information content (AvgIpc) is 2.52. The number of nitrogens with one attached hydrogen (secondary N) is 1. The van der Waals surface area contributed by atoms with Gasteiger partial charge in [-0.3, -0.25) is 4.79 Å². The van der Waals surface area contributed by atoms with Gasteiger partial charge in [0.1, 0.15) is 0 Å². The van der Waals surface area contributed by atoms with Crippen molar-refractivity contribution in [3.63, 3.8) is 0 Å². The van der Waals surface area contributed by atoms with Crippen molar-refractivity contribution in [1.29, 1.82) is 0 Å².